The van der Waals surface area contributed by atoms with Crippen LogP contribution in [0.4, 0.5) is 9.18 Å². The van der Waals surface area contributed by atoms with E-state index < -0.39 is 15.8 Å². The van der Waals surface area contributed by atoms with E-state index in [2.05, 4.69) is 11.9 Å². The number of sulfonamides is 1. The first-order valence-corrected chi connectivity index (χ1v) is 8.28. The summed E-state index contributed by atoms with van der Waals surface area (Å²) in [5, 5.41) is 2.65. The van der Waals surface area contributed by atoms with Crippen molar-refractivity contribution in [3.8, 4) is 0 Å². The topological polar surface area (TPSA) is 69.7 Å². The van der Waals surface area contributed by atoms with E-state index in [1.165, 1.54) is 22.5 Å². The molecule has 6 nitrogen and oxygen atoms in total. The fraction of sp³-hybridized carbons (Fsp3) is 0.357. The normalized spacial score (nSPS) is 16.3. The number of amides is 2. The van der Waals surface area contributed by atoms with Crippen molar-refractivity contribution in [2.45, 2.75) is 4.90 Å². The molecule has 22 heavy (non-hydrogen) atoms. The zero-order chi connectivity index (χ0) is 16.2. The maximum absolute atomic E-state index is 13.2. The number of nitrogens with one attached hydrogen (secondary N) is 1. The van der Waals surface area contributed by atoms with Gasteiger partial charge in [0.2, 0.25) is 10.0 Å². The average Bonchev–Trinajstić information content (AvgIpc) is 2.52. The molecule has 2 rings (SSSR count). The summed E-state index contributed by atoms with van der Waals surface area (Å²) in [6, 6.07) is 4.67. The predicted molar refractivity (Wildman–Crippen MR) is 80.3 cm³/mol. The van der Waals surface area contributed by atoms with Gasteiger partial charge in [0.25, 0.3) is 0 Å². The molecule has 0 saturated carbocycles. The molecule has 1 heterocycles. The molecule has 0 spiro atoms. The lowest BCUT2D eigenvalue weighted by atomic mass is 10.3. The van der Waals surface area contributed by atoms with Crippen LogP contribution in [0.25, 0.3) is 0 Å². The second kappa shape index (κ2) is 6.89. The molecule has 0 bridgehead atoms. The van der Waals surface area contributed by atoms with Crippen molar-refractivity contribution < 1.29 is 17.6 Å². The molecule has 0 aliphatic carbocycles. The highest BCUT2D eigenvalue weighted by molar-refractivity contribution is 7.89. The number of nitrogens with zero attached hydrogens (tertiary/aromatic N) is 2. The Hall–Kier alpha value is -1.93. The number of rotatable bonds is 4. The number of piperazine rings is 1. The van der Waals surface area contributed by atoms with E-state index in [0.717, 1.165) is 6.07 Å². The third kappa shape index (κ3) is 3.63. The summed E-state index contributed by atoms with van der Waals surface area (Å²) >= 11 is 0. The van der Waals surface area contributed by atoms with Crippen LogP contribution >= 0.6 is 0 Å². The van der Waals surface area contributed by atoms with Crippen molar-refractivity contribution in [2.75, 3.05) is 32.7 Å². The van der Waals surface area contributed by atoms with Crippen LogP contribution in [-0.2, 0) is 10.0 Å². The second-order valence-corrected chi connectivity index (χ2v) is 6.76. The summed E-state index contributed by atoms with van der Waals surface area (Å²) in [4.78, 5) is 13.2. The summed E-state index contributed by atoms with van der Waals surface area (Å²) in [6.07, 6.45) is 1.57. The average molecular weight is 327 g/mol. The van der Waals surface area contributed by atoms with E-state index in [9.17, 15) is 17.6 Å². The van der Waals surface area contributed by atoms with Crippen molar-refractivity contribution >= 4 is 16.1 Å². The number of hydrogen-bond acceptors (Lipinski definition) is 3. The first-order valence-electron chi connectivity index (χ1n) is 6.84. The Labute approximate surface area is 129 Å². The van der Waals surface area contributed by atoms with E-state index in [0.29, 0.717) is 6.54 Å². The molecule has 120 valence electrons. The summed E-state index contributed by atoms with van der Waals surface area (Å²) in [6.45, 7) is 4.81. The van der Waals surface area contributed by atoms with Crippen molar-refractivity contribution in [1.29, 1.82) is 0 Å². The molecule has 1 aliphatic rings. The Morgan fingerprint density at radius 1 is 1.32 bits per heavy atom. The molecular formula is C14H18FN3O3S. The monoisotopic (exact) mass is 327 g/mol. The molecule has 8 heteroatoms. The van der Waals surface area contributed by atoms with Crippen molar-refractivity contribution in [3.05, 3.63) is 42.7 Å². The van der Waals surface area contributed by atoms with Crippen LogP contribution < -0.4 is 5.32 Å². The van der Waals surface area contributed by atoms with Crippen LogP contribution in [0.15, 0.2) is 41.8 Å². The standard InChI is InChI=1S/C14H18FN3O3S/c1-2-6-16-14(19)17-7-9-18(10-8-17)22(20,21)13-5-3-4-12(15)11-13/h2-5,11H,1,6-10H2,(H,16,19). The second-order valence-electron chi connectivity index (χ2n) is 4.82. The number of carbonyl (C=O) groups excluding carboxylic acids is 1. The molecule has 1 fully saturated rings. The van der Waals surface area contributed by atoms with E-state index >= 15 is 0 Å². The van der Waals surface area contributed by atoms with Gasteiger partial charge in [0.1, 0.15) is 5.82 Å². The fourth-order valence-corrected chi connectivity index (χ4v) is 3.63. The molecule has 1 aromatic rings. The van der Waals surface area contributed by atoms with Crippen molar-refractivity contribution in [2.24, 2.45) is 0 Å². The highest BCUT2D eigenvalue weighted by atomic mass is 32.2. The summed E-state index contributed by atoms with van der Waals surface area (Å²) in [5.74, 6) is -0.594. The summed E-state index contributed by atoms with van der Waals surface area (Å²) in [7, 11) is -3.73. The fourth-order valence-electron chi connectivity index (χ4n) is 2.18. The quantitative estimate of drug-likeness (QED) is 0.840. The first-order chi connectivity index (χ1) is 10.4. The minimum atomic E-state index is -3.73. The van der Waals surface area contributed by atoms with Gasteiger partial charge in [0.05, 0.1) is 4.90 Å². The summed E-state index contributed by atoms with van der Waals surface area (Å²) < 4.78 is 39.3. The Morgan fingerprint density at radius 2 is 2.00 bits per heavy atom. The van der Waals surface area contributed by atoms with Crippen LogP contribution in [0, 0.1) is 5.82 Å². The molecule has 2 amide bonds. The van der Waals surface area contributed by atoms with Gasteiger partial charge in [-0.3, -0.25) is 0 Å². The van der Waals surface area contributed by atoms with Crippen molar-refractivity contribution in [1.82, 2.24) is 14.5 Å². The van der Waals surface area contributed by atoms with Gasteiger partial charge < -0.3 is 10.2 Å². The predicted octanol–water partition coefficient (Wildman–Crippen LogP) is 1.03. The van der Waals surface area contributed by atoms with Gasteiger partial charge in [-0.2, -0.15) is 4.31 Å². The van der Waals surface area contributed by atoms with Gasteiger partial charge >= 0.3 is 6.03 Å². The van der Waals surface area contributed by atoms with E-state index in [4.69, 9.17) is 0 Å². The van der Waals surface area contributed by atoms with Gasteiger partial charge in [0, 0.05) is 32.7 Å². The molecule has 0 atom stereocenters. The Balaban J connectivity index is 2.02. The van der Waals surface area contributed by atoms with Crippen molar-refractivity contribution in [3.63, 3.8) is 0 Å². The van der Waals surface area contributed by atoms with Crippen LogP contribution in [0.3, 0.4) is 0 Å². The molecule has 1 aromatic carbocycles. The highest BCUT2D eigenvalue weighted by Gasteiger charge is 2.30. The van der Waals surface area contributed by atoms with Crippen LogP contribution in [0.5, 0.6) is 0 Å². The minimum absolute atomic E-state index is 0.0722. The number of benzene rings is 1. The lowest BCUT2D eigenvalue weighted by Gasteiger charge is -2.33. The number of halogens is 1. The minimum Gasteiger partial charge on any atom is -0.335 e. The number of carbonyl (C=O) groups is 1. The summed E-state index contributed by atoms with van der Waals surface area (Å²) in [5.41, 5.74) is 0. The third-order valence-corrected chi connectivity index (χ3v) is 5.25. The maximum atomic E-state index is 13.2. The largest absolute Gasteiger partial charge is 0.335 e. The number of hydrogen-bond donors (Lipinski definition) is 1. The molecule has 0 unspecified atom stereocenters. The highest BCUT2D eigenvalue weighted by Crippen LogP contribution is 2.18. The molecule has 1 aliphatic heterocycles. The Kier molecular flexibility index (Phi) is 5.15. The van der Waals surface area contributed by atoms with Crippen LogP contribution in [0.1, 0.15) is 0 Å². The maximum Gasteiger partial charge on any atom is 0.317 e. The van der Waals surface area contributed by atoms with Crippen LogP contribution in [-0.4, -0.2) is 56.4 Å². The van der Waals surface area contributed by atoms with Gasteiger partial charge in [-0.05, 0) is 18.2 Å². The molecule has 1 saturated heterocycles. The molecule has 0 aromatic heterocycles. The third-order valence-electron chi connectivity index (χ3n) is 3.36. The lowest BCUT2D eigenvalue weighted by molar-refractivity contribution is 0.173. The lowest BCUT2D eigenvalue weighted by Crippen LogP contribution is -2.53. The van der Waals surface area contributed by atoms with Gasteiger partial charge in [0.15, 0.2) is 0 Å². The Morgan fingerprint density at radius 3 is 2.59 bits per heavy atom. The van der Waals surface area contributed by atoms with Crippen LogP contribution in [0.2, 0.25) is 0 Å². The van der Waals surface area contributed by atoms with Gasteiger partial charge in [-0.15, -0.1) is 6.58 Å². The van der Waals surface area contributed by atoms with Gasteiger partial charge in [-0.1, -0.05) is 12.1 Å². The van der Waals surface area contributed by atoms with Gasteiger partial charge in [-0.25, -0.2) is 17.6 Å². The smallest absolute Gasteiger partial charge is 0.317 e. The SMILES string of the molecule is C=CCNC(=O)N1CCN(S(=O)(=O)c2cccc(F)c2)CC1. The number of urea groups is 1. The van der Waals surface area contributed by atoms with E-state index in [1.54, 1.807) is 11.0 Å². The molecule has 0 radical (unpaired) electrons. The van der Waals surface area contributed by atoms with E-state index in [1.807, 2.05) is 0 Å². The molecule has 1 N–H and O–H groups in total. The zero-order valence-electron chi connectivity index (χ0n) is 12.0. The molecular weight excluding hydrogens is 309 g/mol. The van der Waals surface area contributed by atoms with E-state index in [-0.39, 0.29) is 37.1 Å². The Bertz CT molecular complexity index is 655. The first kappa shape index (κ1) is 16.4. The zero-order valence-corrected chi connectivity index (χ0v) is 12.9.